The maximum Gasteiger partial charge on any atom is 0.314 e. The molecule has 5 heteroatoms. The van der Waals surface area contributed by atoms with E-state index in [9.17, 15) is 9.59 Å². The third kappa shape index (κ3) is 9.93. The molecule has 0 aromatic heterocycles. The minimum atomic E-state index is -0.897. The van der Waals surface area contributed by atoms with Crippen LogP contribution in [0.15, 0.2) is 0 Å². The van der Waals surface area contributed by atoms with Crippen molar-refractivity contribution in [1.29, 1.82) is 0 Å². The van der Waals surface area contributed by atoms with Gasteiger partial charge in [-0.05, 0) is 6.42 Å². The average molecular weight is 258 g/mol. The molecule has 0 saturated carbocycles. The van der Waals surface area contributed by atoms with Gasteiger partial charge in [0, 0.05) is 13.1 Å². The van der Waals surface area contributed by atoms with Crippen LogP contribution < -0.4 is 10.6 Å². The van der Waals surface area contributed by atoms with Gasteiger partial charge in [0.05, 0.1) is 5.92 Å². The summed E-state index contributed by atoms with van der Waals surface area (Å²) in [6, 6.07) is -0.281. The molecule has 0 aliphatic heterocycles. The molecule has 0 bridgehead atoms. The lowest BCUT2D eigenvalue weighted by atomic mass is 10.1. The number of nitrogens with one attached hydrogen (secondary N) is 2. The maximum absolute atomic E-state index is 11.3. The van der Waals surface area contributed by atoms with Crippen molar-refractivity contribution in [2.24, 2.45) is 5.92 Å². The minimum Gasteiger partial charge on any atom is -0.481 e. The molecule has 0 aliphatic rings. The van der Waals surface area contributed by atoms with E-state index >= 15 is 0 Å². The normalized spacial score (nSPS) is 11.9. The first kappa shape index (κ1) is 16.7. The fourth-order valence-corrected chi connectivity index (χ4v) is 1.50. The first-order valence-electron chi connectivity index (χ1n) is 6.82. The van der Waals surface area contributed by atoms with Crippen molar-refractivity contribution in [3.05, 3.63) is 0 Å². The van der Waals surface area contributed by atoms with Gasteiger partial charge in [-0.3, -0.25) is 4.79 Å². The summed E-state index contributed by atoms with van der Waals surface area (Å²) in [4.78, 5) is 21.8. The van der Waals surface area contributed by atoms with Crippen LogP contribution in [-0.2, 0) is 4.79 Å². The topological polar surface area (TPSA) is 78.4 Å². The Morgan fingerprint density at radius 3 is 2.28 bits per heavy atom. The highest BCUT2D eigenvalue weighted by molar-refractivity contribution is 5.75. The molecule has 1 atom stereocenters. The molecule has 18 heavy (non-hydrogen) atoms. The summed E-state index contributed by atoms with van der Waals surface area (Å²) in [6.07, 6.45) is 7.10. The summed E-state index contributed by atoms with van der Waals surface area (Å²) in [5.74, 6) is -1.45. The Morgan fingerprint density at radius 1 is 1.06 bits per heavy atom. The number of carboxylic acids is 1. The van der Waals surface area contributed by atoms with Crippen molar-refractivity contribution in [2.75, 3.05) is 13.1 Å². The number of rotatable bonds is 10. The van der Waals surface area contributed by atoms with E-state index in [2.05, 4.69) is 17.6 Å². The van der Waals surface area contributed by atoms with Gasteiger partial charge in [0.1, 0.15) is 0 Å². The highest BCUT2D eigenvalue weighted by Gasteiger charge is 2.11. The molecule has 0 saturated heterocycles. The molecule has 3 N–H and O–H groups in total. The quantitative estimate of drug-likeness (QED) is 0.526. The van der Waals surface area contributed by atoms with Crippen LogP contribution in [0.25, 0.3) is 0 Å². The maximum atomic E-state index is 11.3. The van der Waals surface area contributed by atoms with Crippen molar-refractivity contribution < 1.29 is 14.7 Å². The number of carbonyl (C=O) groups is 2. The van der Waals surface area contributed by atoms with E-state index in [4.69, 9.17) is 5.11 Å². The van der Waals surface area contributed by atoms with Gasteiger partial charge in [0.25, 0.3) is 0 Å². The Balaban J connectivity index is 3.35. The molecule has 5 nitrogen and oxygen atoms in total. The van der Waals surface area contributed by atoms with Gasteiger partial charge in [0.2, 0.25) is 0 Å². The van der Waals surface area contributed by atoms with E-state index in [-0.39, 0.29) is 12.6 Å². The monoisotopic (exact) mass is 258 g/mol. The number of unbranched alkanes of at least 4 members (excludes halogenated alkanes) is 5. The highest BCUT2D eigenvalue weighted by atomic mass is 16.4. The zero-order valence-electron chi connectivity index (χ0n) is 11.5. The number of amides is 2. The fraction of sp³-hybridized carbons (Fsp3) is 0.846. The number of aliphatic carboxylic acids is 1. The molecule has 0 heterocycles. The molecule has 106 valence electrons. The van der Waals surface area contributed by atoms with Gasteiger partial charge in [-0.2, -0.15) is 0 Å². The van der Waals surface area contributed by atoms with Crippen molar-refractivity contribution in [3.8, 4) is 0 Å². The van der Waals surface area contributed by atoms with Gasteiger partial charge in [-0.1, -0.05) is 46.0 Å². The minimum absolute atomic E-state index is 0.164. The molecule has 2 amide bonds. The summed E-state index contributed by atoms with van der Waals surface area (Å²) in [6.45, 7) is 4.57. The molecule has 0 aromatic rings. The Bertz CT molecular complexity index is 244. The number of hydrogen-bond donors (Lipinski definition) is 3. The molecule has 0 fully saturated rings. The number of carboxylic acid groups (broad SMARTS) is 1. The Morgan fingerprint density at radius 2 is 1.67 bits per heavy atom. The van der Waals surface area contributed by atoms with E-state index in [0.29, 0.717) is 6.54 Å². The van der Waals surface area contributed by atoms with Crippen LogP contribution in [-0.4, -0.2) is 30.2 Å². The van der Waals surface area contributed by atoms with Crippen LogP contribution in [0.2, 0.25) is 0 Å². The van der Waals surface area contributed by atoms with E-state index in [0.717, 1.165) is 12.8 Å². The van der Waals surface area contributed by atoms with Crippen LogP contribution in [0.1, 0.15) is 52.4 Å². The SMILES string of the molecule is CCCCCCCCNC(=O)NCC(C)C(=O)O. The molecular weight excluding hydrogens is 232 g/mol. The average Bonchev–Trinajstić information content (AvgIpc) is 2.34. The molecule has 0 rings (SSSR count). The van der Waals surface area contributed by atoms with Gasteiger partial charge in [-0.25, -0.2) is 4.79 Å². The lowest BCUT2D eigenvalue weighted by Gasteiger charge is -2.09. The second-order valence-corrected chi connectivity index (χ2v) is 4.64. The van der Waals surface area contributed by atoms with E-state index in [1.807, 2.05) is 0 Å². The first-order valence-corrected chi connectivity index (χ1v) is 6.82. The molecule has 0 aromatic carbocycles. The van der Waals surface area contributed by atoms with E-state index < -0.39 is 11.9 Å². The molecule has 0 aliphatic carbocycles. The Hall–Kier alpha value is -1.26. The van der Waals surface area contributed by atoms with E-state index in [1.54, 1.807) is 6.92 Å². The molecule has 0 radical (unpaired) electrons. The lowest BCUT2D eigenvalue weighted by molar-refractivity contribution is -0.140. The standard InChI is InChI=1S/C13H26N2O3/c1-3-4-5-6-7-8-9-14-13(18)15-10-11(2)12(16)17/h11H,3-10H2,1-2H3,(H,16,17)(H2,14,15,18). The zero-order chi connectivity index (χ0) is 13.8. The number of urea groups is 1. The second kappa shape index (κ2) is 10.9. The summed E-state index contributed by atoms with van der Waals surface area (Å²) in [5.41, 5.74) is 0. The highest BCUT2D eigenvalue weighted by Crippen LogP contribution is 2.03. The van der Waals surface area contributed by atoms with Crippen molar-refractivity contribution in [1.82, 2.24) is 10.6 Å². The van der Waals surface area contributed by atoms with Crippen LogP contribution in [0.5, 0.6) is 0 Å². The zero-order valence-corrected chi connectivity index (χ0v) is 11.5. The van der Waals surface area contributed by atoms with Gasteiger partial charge >= 0.3 is 12.0 Å². The van der Waals surface area contributed by atoms with Crippen LogP contribution in [0.4, 0.5) is 4.79 Å². The summed E-state index contributed by atoms with van der Waals surface area (Å²) in [7, 11) is 0. The smallest absolute Gasteiger partial charge is 0.314 e. The third-order valence-corrected chi connectivity index (χ3v) is 2.81. The van der Waals surface area contributed by atoms with Crippen LogP contribution >= 0.6 is 0 Å². The summed E-state index contributed by atoms with van der Waals surface area (Å²) < 4.78 is 0. The number of carbonyl (C=O) groups excluding carboxylic acids is 1. The largest absolute Gasteiger partial charge is 0.481 e. The molecular formula is C13H26N2O3. The second-order valence-electron chi connectivity index (χ2n) is 4.64. The summed E-state index contributed by atoms with van der Waals surface area (Å²) in [5, 5.41) is 13.9. The Labute approximate surface area is 109 Å². The molecule has 1 unspecified atom stereocenters. The van der Waals surface area contributed by atoms with Crippen molar-refractivity contribution in [3.63, 3.8) is 0 Å². The van der Waals surface area contributed by atoms with Crippen molar-refractivity contribution >= 4 is 12.0 Å². The first-order chi connectivity index (χ1) is 8.57. The lowest BCUT2D eigenvalue weighted by Crippen LogP contribution is -2.39. The van der Waals surface area contributed by atoms with E-state index in [1.165, 1.54) is 25.7 Å². The number of hydrogen-bond acceptors (Lipinski definition) is 2. The predicted octanol–water partition coefficient (Wildman–Crippen LogP) is 2.37. The Kier molecular flexibility index (Phi) is 10.1. The molecule has 0 spiro atoms. The summed E-state index contributed by atoms with van der Waals surface area (Å²) >= 11 is 0. The van der Waals surface area contributed by atoms with Crippen molar-refractivity contribution in [2.45, 2.75) is 52.4 Å². The van der Waals surface area contributed by atoms with Gasteiger partial charge < -0.3 is 15.7 Å². The fourth-order valence-electron chi connectivity index (χ4n) is 1.50. The van der Waals surface area contributed by atoms with Gasteiger partial charge in [-0.15, -0.1) is 0 Å². The predicted molar refractivity (Wildman–Crippen MR) is 71.6 cm³/mol. The third-order valence-electron chi connectivity index (χ3n) is 2.81. The van der Waals surface area contributed by atoms with Gasteiger partial charge in [0.15, 0.2) is 0 Å². The van der Waals surface area contributed by atoms with Crippen LogP contribution in [0.3, 0.4) is 0 Å². The van der Waals surface area contributed by atoms with Crippen LogP contribution in [0, 0.1) is 5.92 Å².